The summed E-state index contributed by atoms with van der Waals surface area (Å²) in [6.07, 6.45) is 0.827. The molecular formula is C10H12Br2N2O2S. The smallest absolute Gasteiger partial charge is 0.241 e. The monoisotopic (exact) mass is 382 g/mol. The number of benzene rings is 1. The summed E-state index contributed by atoms with van der Waals surface area (Å²) in [5, 5.41) is 3.12. The molecule has 0 saturated carbocycles. The third-order valence-corrected chi connectivity index (χ3v) is 5.56. The Kier molecular flexibility index (Phi) is 4.25. The second-order valence-electron chi connectivity index (χ2n) is 3.89. The van der Waals surface area contributed by atoms with Crippen molar-refractivity contribution in [3.05, 3.63) is 27.1 Å². The van der Waals surface area contributed by atoms with E-state index in [0.717, 1.165) is 17.4 Å². The lowest BCUT2D eigenvalue weighted by atomic mass is 10.3. The molecule has 94 valence electrons. The van der Waals surface area contributed by atoms with Crippen molar-refractivity contribution in [2.24, 2.45) is 0 Å². The van der Waals surface area contributed by atoms with Gasteiger partial charge in [0.25, 0.3) is 0 Å². The molecule has 0 bridgehead atoms. The summed E-state index contributed by atoms with van der Waals surface area (Å²) in [5.41, 5.74) is 0. The van der Waals surface area contributed by atoms with E-state index < -0.39 is 10.0 Å². The molecule has 0 amide bonds. The van der Waals surface area contributed by atoms with E-state index in [1.54, 1.807) is 18.2 Å². The molecule has 0 spiro atoms. The minimum atomic E-state index is -3.45. The Morgan fingerprint density at radius 3 is 2.71 bits per heavy atom. The lowest BCUT2D eigenvalue weighted by Crippen LogP contribution is -2.36. The molecule has 1 heterocycles. The van der Waals surface area contributed by atoms with E-state index in [1.165, 1.54) is 0 Å². The Morgan fingerprint density at radius 1 is 1.35 bits per heavy atom. The van der Waals surface area contributed by atoms with E-state index in [4.69, 9.17) is 0 Å². The molecule has 4 nitrogen and oxygen atoms in total. The maximum Gasteiger partial charge on any atom is 0.241 e. The van der Waals surface area contributed by atoms with Gasteiger partial charge in [-0.05, 0) is 47.1 Å². The Hall–Kier alpha value is 0.0500. The zero-order chi connectivity index (χ0) is 12.5. The SMILES string of the molecule is O=S(=O)(NC1CCNC1)c1ccc(Br)cc1Br. The van der Waals surface area contributed by atoms with Gasteiger partial charge in [-0.25, -0.2) is 13.1 Å². The van der Waals surface area contributed by atoms with Crippen LogP contribution in [0, 0.1) is 0 Å². The van der Waals surface area contributed by atoms with Gasteiger partial charge >= 0.3 is 0 Å². The molecule has 0 aromatic heterocycles. The largest absolute Gasteiger partial charge is 0.315 e. The first-order valence-corrected chi connectivity index (χ1v) is 8.24. The van der Waals surface area contributed by atoms with Gasteiger partial charge in [0.05, 0.1) is 4.90 Å². The molecule has 0 radical (unpaired) electrons. The van der Waals surface area contributed by atoms with Gasteiger partial charge in [0.15, 0.2) is 0 Å². The highest BCUT2D eigenvalue weighted by Crippen LogP contribution is 2.25. The van der Waals surface area contributed by atoms with Gasteiger partial charge in [-0.15, -0.1) is 0 Å². The summed E-state index contributed by atoms with van der Waals surface area (Å²) in [6, 6.07) is 5.00. The molecule has 1 aromatic rings. The molecular weight excluding hydrogens is 372 g/mol. The first-order valence-electron chi connectivity index (χ1n) is 5.17. The Balaban J connectivity index is 2.24. The second-order valence-corrected chi connectivity index (χ2v) is 7.34. The molecule has 1 saturated heterocycles. The predicted octanol–water partition coefficient (Wildman–Crippen LogP) is 1.85. The number of nitrogens with one attached hydrogen (secondary N) is 2. The van der Waals surface area contributed by atoms with Crippen LogP contribution in [0.2, 0.25) is 0 Å². The normalized spacial score (nSPS) is 20.7. The standard InChI is InChI=1S/C10H12Br2N2O2S/c11-7-1-2-10(9(12)5-7)17(15,16)14-8-3-4-13-6-8/h1-2,5,8,13-14H,3-4,6H2. The fourth-order valence-corrected chi connectivity index (χ4v) is 4.75. The number of rotatable bonds is 3. The average Bonchev–Trinajstić information content (AvgIpc) is 2.68. The Morgan fingerprint density at radius 2 is 2.12 bits per heavy atom. The molecule has 2 N–H and O–H groups in total. The molecule has 1 unspecified atom stereocenters. The molecule has 1 fully saturated rings. The topological polar surface area (TPSA) is 58.2 Å². The zero-order valence-electron chi connectivity index (χ0n) is 8.91. The van der Waals surface area contributed by atoms with E-state index in [9.17, 15) is 8.42 Å². The average molecular weight is 384 g/mol. The minimum Gasteiger partial charge on any atom is -0.315 e. The van der Waals surface area contributed by atoms with Gasteiger partial charge in [0.1, 0.15) is 0 Å². The van der Waals surface area contributed by atoms with Gasteiger partial charge in [-0.2, -0.15) is 0 Å². The molecule has 2 rings (SSSR count). The van der Waals surface area contributed by atoms with E-state index in [2.05, 4.69) is 41.9 Å². The zero-order valence-corrected chi connectivity index (χ0v) is 12.9. The van der Waals surface area contributed by atoms with E-state index in [-0.39, 0.29) is 10.9 Å². The molecule has 1 atom stereocenters. The molecule has 0 aliphatic carbocycles. The van der Waals surface area contributed by atoms with Crippen molar-refractivity contribution in [3.63, 3.8) is 0 Å². The van der Waals surface area contributed by atoms with Crippen LogP contribution in [0.4, 0.5) is 0 Å². The highest BCUT2D eigenvalue weighted by Gasteiger charge is 2.24. The van der Waals surface area contributed by atoms with Crippen LogP contribution in [0.3, 0.4) is 0 Å². The Bertz CT molecular complexity index is 513. The van der Waals surface area contributed by atoms with Crippen molar-refractivity contribution in [2.45, 2.75) is 17.4 Å². The van der Waals surface area contributed by atoms with Crippen LogP contribution in [0.1, 0.15) is 6.42 Å². The predicted molar refractivity (Wildman–Crippen MR) is 73.4 cm³/mol. The van der Waals surface area contributed by atoms with Crippen LogP contribution < -0.4 is 10.0 Å². The van der Waals surface area contributed by atoms with Gasteiger partial charge in [0, 0.05) is 21.5 Å². The minimum absolute atomic E-state index is 0.0180. The molecule has 1 aliphatic rings. The van der Waals surface area contributed by atoms with Gasteiger partial charge in [-0.3, -0.25) is 0 Å². The van der Waals surface area contributed by atoms with Crippen molar-refractivity contribution in [1.29, 1.82) is 0 Å². The summed E-state index contributed by atoms with van der Waals surface area (Å²) in [4.78, 5) is 0.271. The fraction of sp³-hybridized carbons (Fsp3) is 0.400. The molecule has 1 aromatic carbocycles. The summed E-state index contributed by atoms with van der Waals surface area (Å²) < 4.78 is 28.4. The van der Waals surface area contributed by atoms with Crippen molar-refractivity contribution in [2.75, 3.05) is 13.1 Å². The summed E-state index contributed by atoms with van der Waals surface area (Å²) >= 11 is 6.56. The molecule has 7 heteroatoms. The summed E-state index contributed by atoms with van der Waals surface area (Å²) in [6.45, 7) is 1.54. The van der Waals surface area contributed by atoms with Gasteiger partial charge in [-0.1, -0.05) is 15.9 Å². The van der Waals surface area contributed by atoms with Gasteiger partial charge in [0.2, 0.25) is 10.0 Å². The van der Waals surface area contributed by atoms with Crippen molar-refractivity contribution >= 4 is 41.9 Å². The summed E-state index contributed by atoms with van der Waals surface area (Å²) in [7, 11) is -3.45. The number of halogens is 2. The lowest BCUT2D eigenvalue weighted by molar-refractivity contribution is 0.559. The van der Waals surface area contributed by atoms with E-state index in [1.807, 2.05) is 0 Å². The van der Waals surface area contributed by atoms with E-state index in [0.29, 0.717) is 11.0 Å². The number of hydrogen-bond donors (Lipinski definition) is 2. The van der Waals surface area contributed by atoms with Crippen LogP contribution in [0.25, 0.3) is 0 Å². The highest BCUT2D eigenvalue weighted by atomic mass is 79.9. The first-order chi connectivity index (χ1) is 7.99. The van der Waals surface area contributed by atoms with Crippen LogP contribution in [-0.4, -0.2) is 27.5 Å². The van der Waals surface area contributed by atoms with Crippen molar-refractivity contribution < 1.29 is 8.42 Å². The quantitative estimate of drug-likeness (QED) is 0.837. The molecule has 1 aliphatic heterocycles. The van der Waals surface area contributed by atoms with Gasteiger partial charge < -0.3 is 5.32 Å². The van der Waals surface area contributed by atoms with Crippen LogP contribution in [-0.2, 0) is 10.0 Å². The summed E-state index contributed by atoms with van der Waals surface area (Å²) in [5.74, 6) is 0. The van der Waals surface area contributed by atoms with Crippen molar-refractivity contribution in [1.82, 2.24) is 10.0 Å². The first kappa shape index (κ1) is 13.5. The fourth-order valence-electron chi connectivity index (χ4n) is 1.73. The second kappa shape index (κ2) is 5.36. The third-order valence-electron chi connectivity index (χ3n) is 2.57. The third kappa shape index (κ3) is 3.29. The maximum atomic E-state index is 12.1. The van der Waals surface area contributed by atoms with E-state index >= 15 is 0 Å². The Labute approximate surface area is 117 Å². The van der Waals surface area contributed by atoms with Crippen LogP contribution >= 0.6 is 31.9 Å². The van der Waals surface area contributed by atoms with Crippen LogP contribution in [0.5, 0.6) is 0 Å². The molecule has 17 heavy (non-hydrogen) atoms. The number of sulfonamides is 1. The lowest BCUT2D eigenvalue weighted by Gasteiger charge is -2.13. The van der Waals surface area contributed by atoms with Crippen molar-refractivity contribution in [3.8, 4) is 0 Å². The maximum absolute atomic E-state index is 12.1. The van der Waals surface area contributed by atoms with Crippen LogP contribution in [0.15, 0.2) is 32.0 Å². The highest BCUT2D eigenvalue weighted by molar-refractivity contribution is 9.11. The number of hydrogen-bond acceptors (Lipinski definition) is 3.